The summed E-state index contributed by atoms with van der Waals surface area (Å²) in [5.41, 5.74) is 3.27. The van der Waals surface area contributed by atoms with Gasteiger partial charge in [0, 0.05) is 22.4 Å². The van der Waals surface area contributed by atoms with Crippen LogP contribution >= 0.6 is 0 Å². The fraction of sp³-hybridized carbons (Fsp3) is 0.0312. The van der Waals surface area contributed by atoms with Crippen LogP contribution in [0.4, 0.5) is 10.1 Å². The van der Waals surface area contributed by atoms with Crippen molar-refractivity contribution < 1.29 is 18.8 Å². The number of carbonyl (C=O) groups excluding carboxylic acids is 3. The van der Waals surface area contributed by atoms with Crippen molar-refractivity contribution in [1.82, 2.24) is 5.32 Å². The first-order valence-electron chi connectivity index (χ1n) is 11.9. The first kappa shape index (κ1) is 26.0. The molecule has 5 nitrogen and oxygen atoms in total. The van der Waals surface area contributed by atoms with Crippen LogP contribution in [0.1, 0.15) is 37.4 Å². The van der Waals surface area contributed by atoms with Gasteiger partial charge in [0.2, 0.25) is 0 Å². The molecule has 0 bridgehead atoms. The number of amides is 2. The van der Waals surface area contributed by atoms with Crippen LogP contribution in [-0.2, 0) is 4.79 Å². The van der Waals surface area contributed by atoms with E-state index in [1.165, 1.54) is 30.4 Å². The van der Waals surface area contributed by atoms with E-state index in [9.17, 15) is 18.8 Å². The summed E-state index contributed by atoms with van der Waals surface area (Å²) in [5.74, 6) is -1.87. The summed E-state index contributed by atoms with van der Waals surface area (Å²) in [7, 11) is 0. The quantitative estimate of drug-likeness (QED) is 0.214. The molecular formula is C32H25FN2O3. The molecule has 0 heterocycles. The Hall–Kier alpha value is -5.10. The van der Waals surface area contributed by atoms with Crippen molar-refractivity contribution >= 4 is 35.4 Å². The normalized spacial score (nSPS) is 11.3. The van der Waals surface area contributed by atoms with Crippen molar-refractivity contribution in [2.45, 2.75) is 6.92 Å². The number of hydrogen-bond acceptors (Lipinski definition) is 3. The van der Waals surface area contributed by atoms with E-state index in [4.69, 9.17) is 0 Å². The minimum Gasteiger partial charge on any atom is -0.321 e. The molecule has 0 aliphatic carbocycles. The van der Waals surface area contributed by atoms with Gasteiger partial charge in [-0.3, -0.25) is 14.4 Å². The lowest BCUT2D eigenvalue weighted by atomic mass is 10.1. The molecule has 0 radical (unpaired) electrons. The van der Waals surface area contributed by atoms with Crippen molar-refractivity contribution in [2.75, 3.05) is 5.32 Å². The number of halogens is 1. The number of rotatable bonds is 8. The molecule has 0 unspecified atom stereocenters. The summed E-state index contributed by atoms with van der Waals surface area (Å²) in [6, 6.07) is 28.5. The summed E-state index contributed by atoms with van der Waals surface area (Å²) in [6.45, 7) is 1.99. The zero-order chi connectivity index (χ0) is 26.9. The van der Waals surface area contributed by atoms with Crippen LogP contribution < -0.4 is 10.6 Å². The molecule has 6 heteroatoms. The van der Waals surface area contributed by atoms with Crippen molar-refractivity contribution in [2.24, 2.45) is 0 Å². The molecule has 0 atom stereocenters. The van der Waals surface area contributed by atoms with Crippen LogP contribution in [0.3, 0.4) is 0 Å². The maximum Gasteiger partial charge on any atom is 0.272 e. The van der Waals surface area contributed by atoms with Crippen LogP contribution in [-0.4, -0.2) is 17.6 Å². The number of carbonyl (C=O) groups is 3. The lowest BCUT2D eigenvalue weighted by Gasteiger charge is -2.12. The van der Waals surface area contributed by atoms with Crippen LogP contribution in [0.15, 0.2) is 115 Å². The van der Waals surface area contributed by atoms with E-state index in [2.05, 4.69) is 10.6 Å². The third kappa shape index (κ3) is 6.98. The third-order valence-electron chi connectivity index (χ3n) is 5.67. The van der Waals surface area contributed by atoms with E-state index >= 15 is 0 Å². The minimum absolute atomic E-state index is 0.134. The average molecular weight is 505 g/mol. The number of allylic oxidation sites excluding steroid dienone is 1. The summed E-state index contributed by atoms with van der Waals surface area (Å²) in [5, 5.41) is 5.27. The second-order valence-corrected chi connectivity index (χ2v) is 8.54. The van der Waals surface area contributed by atoms with Gasteiger partial charge in [0.1, 0.15) is 11.5 Å². The van der Waals surface area contributed by atoms with Crippen molar-refractivity contribution in [1.29, 1.82) is 0 Å². The highest BCUT2D eigenvalue weighted by Gasteiger charge is 2.16. The SMILES string of the molecule is Cc1ccc(/C=C/C(=O)c2ccc(NC(=O)/C(=C/c3ccccc3F)NC(=O)c3ccccc3)cc2)cc1. The zero-order valence-corrected chi connectivity index (χ0v) is 20.6. The first-order chi connectivity index (χ1) is 18.4. The first-order valence-corrected chi connectivity index (χ1v) is 11.9. The molecular weight excluding hydrogens is 479 g/mol. The molecule has 0 aliphatic heterocycles. The Labute approximate surface area is 220 Å². The Morgan fingerprint density at radius 1 is 0.737 bits per heavy atom. The lowest BCUT2D eigenvalue weighted by molar-refractivity contribution is -0.113. The number of benzene rings is 4. The average Bonchev–Trinajstić information content (AvgIpc) is 2.94. The van der Waals surface area contributed by atoms with Gasteiger partial charge in [-0.05, 0) is 67.1 Å². The molecule has 0 spiro atoms. The minimum atomic E-state index is -0.643. The van der Waals surface area contributed by atoms with Crippen LogP contribution in [0.5, 0.6) is 0 Å². The molecule has 2 N–H and O–H groups in total. The fourth-order valence-electron chi connectivity index (χ4n) is 3.55. The van der Waals surface area contributed by atoms with Gasteiger partial charge in [0.25, 0.3) is 11.8 Å². The zero-order valence-electron chi connectivity index (χ0n) is 20.6. The van der Waals surface area contributed by atoms with Gasteiger partial charge in [-0.1, -0.05) is 72.3 Å². The van der Waals surface area contributed by atoms with E-state index in [1.54, 1.807) is 66.7 Å². The highest BCUT2D eigenvalue weighted by atomic mass is 19.1. The van der Waals surface area contributed by atoms with Gasteiger partial charge in [-0.25, -0.2) is 4.39 Å². The molecule has 38 heavy (non-hydrogen) atoms. The van der Waals surface area contributed by atoms with E-state index in [1.807, 2.05) is 31.2 Å². The molecule has 2 amide bonds. The van der Waals surface area contributed by atoms with Crippen LogP contribution in [0.2, 0.25) is 0 Å². The maximum atomic E-state index is 14.3. The lowest BCUT2D eigenvalue weighted by Crippen LogP contribution is -2.30. The van der Waals surface area contributed by atoms with Crippen LogP contribution in [0, 0.1) is 12.7 Å². The van der Waals surface area contributed by atoms with Gasteiger partial charge in [-0.2, -0.15) is 0 Å². The highest BCUT2D eigenvalue weighted by molar-refractivity contribution is 6.11. The largest absolute Gasteiger partial charge is 0.321 e. The van der Waals surface area contributed by atoms with E-state index in [0.717, 1.165) is 11.1 Å². The van der Waals surface area contributed by atoms with E-state index < -0.39 is 17.6 Å². The van der Waals surface area contributed by atoms with Crippen molar-refractivity contribution in [3.05, 3.63) is 149 Å². The Kier molecular flexibility index (Phi) is 8.36. The molecule has 0 saturated carbocycles. The number of nitrogens with one attached hydrogen (secondary N) is 2. The van der Waals surface area contributed by atoms with E-state index in [0.29, 0.717) is 16.8 Å². The predicted molar refractivity (Wildman–Crippen MR) is 148 cm³/mol. The topological polar surface area (TPSA) is 75.3 Å². The molecule has 4 aromatic carbocycles. The molecule has 0 aliphatic rings. The highest BCUT2D eigenvalue weighted by Crippen LogP contribution is 2.16. The Morgan fingerprint density at radius 2 is 1.39 bits per heavy atom. The Bertz CT molecular complexity index is 1510. The second kappa shape index (κ2) is 12.2. The molecule has 4 rings (SSSR count). The van der Waals surface area contributed by atoms with Crippen molar-refractivity contribution in [3.8, 4) is 0 Å². The van der Waals surface area contributed by atoms with E-state index in [-0.39, 0.29) is 17.0 Å². The second-order valence-electron chi connectivity index (χ2n) is 8.54. The molecule has 0 saturated heterocycles. The number of ketones is 1. The number of aryl methyl sites for hydroxylation is 1. The van der Waals surface area contributed by atoms with Gasteiger partial charge in [0.15, 0.2) is 5.78 Å². The summed E-state index contributed by atoms with van der Waals surface area (Å²) < 4.78 is 14.3. The van der Waals surface area contributed by atoms with Gasteiger partial charge in [0.05, 0.1) is 0 Å². The number of hydrogen-bond donors (Lipinski definition) is 2. The fourth-order valence-corrected chi connectivity index (χ4v) is 3.55. The Morgan fingerprint density at radius 3 is 2.08 bits per heavy atom. The molecule has 188 valence electrons. The van der Waals surface area contributed by atoms with Gasteiger partial charge in [-0.15, -0.1) is 0 Å². The monoisotopic (exact) mass is 504 g/mol. The van der Waals surface area contributed by atoms with Crippen molar-refractivity contribution in [3.63, 3.8) is 0 Å². The summed E-state index contributed by atoms with van der Waals surface area (Å²) >= 11 is 0. The Balaban J connectivity index is 1.49. The number of anilines is 1. The smallest absolute Gasteiger partial charge is 0.272 e. The summed E-state index contributed by atoms with van der Waals surface area (Å²) in [4.78, 5) is 38.4. The molecule has 0 aromatic heterocycles. The maximum absolute atomic E-state index is 14.3. The standard InChI is InChI=1S/C32H25FN2O3/c1-22-11-13-23(14-12-22)15-20-30(36)24-16-18-27(19-17-24)34-32(38)29(21-26-9-5-6-10-28(26)33)35-31(37)25-7-3-2-4-8-25/h2-21H,1H3,(H,34,38)(H,35,37)/b20-15+,29-21-. The third-order valence-corrected chi connectivity index (χ3v) is 5.67. The molecule has 4 aromatic rings. The summed E-state index contributed by atoms with van der Waals surface area (Å²) in [6.07, 6.45) is 4.51. The predicted octanol–water partition coefficient (Wildman–Crippen LogP) is 6.44. The molecule has 0 fully saturated rings. The van der Waals surface area contributed by atoms with Gasteiger partial charge < -0.3 is 10.6 Å². The van der Waals surface area contributed by atoms with Crippen LogP contribution in [0.25, 0.3) is 12.2 Å². The van der Waals surface area contributed by atoms with Gasteiger partial charge >= 0.3 is 0 Å².